The molecule has 0 aliphatic heterocycles. The molecule has 9 aromatic carbocycles. The van der Waals surface area contributed by atoms with Crippen molar-refractivity contribution in [1.82, 2.24) is 10.5 Å². The van der Waals surface area contributed by atoms with Crippen molar-refractivity contribution in [1.29, 1.82) is 0 Å². The molecule has 0 bridgehead atoms. The van der Waals surface area contributed by atoms with Crippen molar-refractivity contribution >= 4 is 72.1 Å². The number of aromatic carboxylic acids is 1. The summed E-state index contributed by atoms with van der Waals surface area (Å²) in [6.07, 6.45) is 3.07. The minimum absolute atomic E-state index is 0. The number of allylic oxidation sites excluding steroid dienone is 2. The van der Waals surface area contributed by atoms with Crippen LogP contribution < -0.4 is 449 Å². The number of nitrogens with zero attached hydrogens (tertiary/aromatic N) is 2. The Morgan fingerprint density at radius 3 is 1.07 bits per heavy atom. The van der Waals surface area contributed by atoms with Gasteiger partial charge in [-0.05, 0) is 238 Å². The molecule has 0 unspecified atom stereocenters. The van der Waals surface area contributed by atoms with Gasteiger partial charge in [0.05, 0.1) is 16.6 Å². The maximum atomic E-state index is 12.5. The van der Waals surface area contributed by atoms with Gasteiger partial charge in [-0.3, -0.25) is 24.6 Å². The third kappa shape index (κ3) is 49.5. The molecule has 9 rings (SSSR count). The first-order chi connectivity index (χ1) is 48.3. The average molecular weight is 2270 g/mol. The summed E-state index contributed by atoms with van der Waals surface area (Å²) in [6.45, 7) is 47.2. The number of carboxylic acid groups (broad SMARTS) is 1. The average Bonchev–Trinajstić information content (AvgIpc) is 0.800. The van der Waals surface area contributed by atoms with Gasteiger partial charge in [-0.25, -0.2) is 13.4 Å². The van der Waals surface area contributed by atoms with Gasteiger partial charge in [-0.1, -0.05) is 198 Å². The van der Waals surface area contributed by atoms with E-state index in [0.717, 1.165) is 130 Å². The van der Waals surface area contributed by atoms with E-state index in [-0.39, 0.29) is 444 Å². The van der Waals surface area contributed by atoms with Crippen LogP contribution in [0.15, 0.2) is 198 Å². The van der Waals surface area contributed by atoms with Gasteiger partial charge in [-0.2, -0.15) is 10.0 Å². The van der Waals surface area contributed by atoms with E-state index in [1.54, 1.807) is 87.2 Å². The van der Waals surface area contributed by atoms with Gasteiger partial charge in [0.25, 0.3) is 0 Å². The number of amides is 1. The van der Waals surface area contributed by atoms with E-state index >= 15 is 0 Å². The van der Waals surface area contributed by atoms with Gasteiger partial charge in [0.1, 0.15) is 29.0 Å². The van der Waals surface area contributed by atoms with Crippen LogP contribution in [0.4, 0.5) is 5.69 Å². The summed E-state index contributed by atoms with van der Waals surface area (Å²) in [5.74, 6) is -0.985. The normalized spacial score (nSPS) is 9.53. The molecule has 560 valence electrons. The Morgan fingerprint density at radius 2 is 0.782 bits per heavy atom. The predicted molar refractivity (Wildman–Crippen MR) is 421 cm³/mol. The molecule has 16 nitrogen and oxygen atoms in total. The van der Waals surface area contributed by atoms with Crippen molar-refractivity contribution in [2.75, 3.05) is 5.01 Å². The summed E-state index contributed by atoms with van der Waals surface area (Å²) >= 11 is 5.04. The Kier molecular flexibility index (Phi) is 71.9. The standard InChI is InChI=1S/C17H25N3O.C9H10O2.3C9H10O.C8H11O3P.C8H10O3S.C8H10O.C8H10S.6Cs.2H2/c1-8-17(21)19(20(13(4)5)18-12(2)3)16-11-14(6)9-10-15(16)7;1-6-3-4-7(2)8(5-6)9(10)11;3*1-7-3-4-8(2)9(5-7)6-10;2*1-6-3-4-7(2)8(5-6)12(9,10)11;2*1-6-3-4-7(2)8(9)5-6;;;;;;;;/h9-11,18H,2,4,8H2,1,3,5-7H3;3-5H,1-2H3,(H,10,11);3*3-6H,1-2H3;3-5H,1-2H3,(H2,9,10,11);3-5H,1-2H3,(H,9,10,11);2*3-5,9H,1-2H3;;;;;;;2*1H/q;;;;;;;;;6*+1;;/p-6. The van der Waals surface area contributed by atoms with E-state index in [1.807, 2.05) is 201 Å². The van der Waals surface area contributed by atoms with Crippen LogP contribution in [-0.2, 0) is 32.1 Å². The number of hydrogen-bond donors (Lipinski definition) is 1. The number of hydrogen-bond acceptors (Lipinski definition) is 16. The smallest absolute Gasteiger partial charge is 0.872 e. The van der Waals surface area contributed by atoms with E-state index < -0.39 is 23.7 Å². The molecule has 110 heavy (non-hydrogen) atoms. The Morgan fingerprint density at radius 1 is 0.464 bits per heavy atom. The van der Waals surface area contributed by atoms with Gasteiger partial charge >= 0.3 is 413 Å². The topological polar surface area (TPSA) is 270 Å². The zero-order valence-electron chi connectivity index (χ0n) is 69.9. The third-order valence-electron chi connectivity index (χ3n) is 15.2. The first-order valence-electron chi connectivity index (χ1n) is 33.1. The number of carbonyl (C=O) groups excluding carboxylic acids is 5. The fourth-order valence-corrected chi connectivity index (χ4v) is 10.9. The monoisotopic (exact) mass is 2270 g/mol. The molecule has 0 spiro atoms. The number of benzene rings is 9. The number of rotatable bonds is 12. The van der Waals surface area contributed by atoms with Crippen LogP contribution >= 0.6 is 7.60 Å². The van der Waals surface area contributed by atoms with Crippen molar-refractivity contribution in [3.8, 4) is 5.75 Å². The van der Waals surface area contributed by atoms with Gasteiger partial charge in [0.2, 0.25) is 5.91 Å². The molecule has 1 N–H and O–H groups in total. The molecule has 0 radical (unpaired) electrons. The largest absolute Gasteiger partial charge is 1.00 e. The Balaban J connectivity index is -0.000000182. The summed E-state index contributed by atoms with van der Waals surface area (Å²) in [5.41, 5.74) is 25.2. The van der Waals surface area contributed by atoms with E-state index in [1.165, 1.54) is 23.3 Å². The Bertz CT molecular complexity index is 4460. The second-order valence-electron chi connectivity index (χ2n) is 25.4. The van der Waals surface area contributed by atoms with Crippen molar-refractivity contribution in [2.24, 2.45) is 0 Å². The molecular weight excluding hydrogens is 2160 g/mol. The fraction of sp³-hybridized carbons (Fsp3) is 0.259. The predicted octanol–water partition coefficient (Wildman–Crippen LogP) is -2.00. The van der Waals surface area contributed by atoms with E-state index in [4.69, 9.17) is 12.6 Å². The van der Waals surface area contributed by atoms with Crippen LogP contribution in [0.3, 0.4) is 0 Å². The maximum absolute atomic E-state index is 12.5. The second kappa shape index (κ2) is 64.2. The van der Waals surface area contributed by atoms with Crippen LogP contribution in [0.5, 0.6) is 5.75 Å². The molecule has 0 saturated carbocycles. The van der Waals surface area contributed by atoms with Gasteiger partial charge in [0.15, 0.2) is 0 Å². The van der Waals surface area contributed by atoms with Crippen LogP contribution in [0, 0.1) is 125 Å². The number of anilines is 1. The minimum atomic E-state index is -4.58. The fourth-order valence-electron chi connectivity index (χ4n) is 8.97. The number of carbonyl (C=O) groups is 5. The molecule has 1 amide bonds. The first-order valence-corrected chi connectivity index (χ1v) is 36.4. The molecule has 0 atom stereocenters. The number of aryl methyl sites for hydroxylation is 18. The van der Waals surface area contributed by atoms with Crippen LogP contribution in [0.1, 0.15) is 172 Å². The molecule has 0 heterocycles. The molecule has 0 aliphatic carbocycles. The third-order valence-corrected chi connectivity index (χ3v) is 17.7. The summed E-state index contributed by atoms with van der Waals surface area (Å²) in [6, 6.07) is 50.0. The van der Waals surface area contributed by atoms with Crippen LogP contribution in [-0.4, -0.2) is 48.8 Å². The summed E-state index contributed by atoms with van der Waals surface area (Å²) in [4.78, 5) is 76.3. The zero-order chi connectivity index (χ0) is 79.7. The van der Waals surface area contributed by atoms with Crippen molar-refractivity contribution in [3.05, 3.63) is 311 Å². The number of aldehydes is 3. The molecule has 25 heteroatoms. The van der Waals surface area contributed by atoms with Gasteiger partial charge in [-0.15, -0.1) is 5.75 Å². The van der Waals surface area contributed by atoms with Crippen molar-refractivity contribution in [2.45, 2.75) is 162 Å². The van der Waals surface area contributed by atoms with Crippen molar-refractivity contribution < 1.29 is 478 Å². The Hall–Kier alpha value is 2.40. The number of nitrogens with one attached hydrogen (secondary N) is 1. The summed E-state index contributed by atoms with van der Waals surface area (Å²) in [7, 11) is -8.89. The van der Waals surface area contributed by atoms with Crippen LogP contribution in [0.25, 0.3) is 0 Å². The summed E-state index contributed by atoms with van der Waals surface area (Å²) in [5, 5.41) is 24.5. The van der Waals surface area contributed by atoms with E-state index in [0.29, 0.717) is 23.2 Å². The van der Waals surface area contributed by atoms with Crippen molar-refractivity contribution in [3.63, 3.8) is 0 Å². The Labute approximate surface area is 1020 Å². The molecule has 9 aromatic rings. The van der Waals surface area contributed by atoms with Gasteiger partial charge in [0, 0.05) is 42.9 Å². The molecule has 0 aromatic heterocycles. The van der Waals surface area contributed by atoms with E-state index in [9.17, 15) is 61.5 Å². The SMILES string of the molecule is C=C(C)NN(C(=C)C)N(C(=O)CC)c1cc(C)ccc1C.Cc1ccc(C)c(C(=O)[O-])c1.Cc1ccc(C)c(C=O)c1.Cc1ccc(C)c(C=O)c1.Cc1ccc(C)c(C=O)c1.Cc1ccc(C)c(P(=O)([O-])[O-])c1.Cc1ccc(C)c(S(=O)(=O)[O-])c1.Cc1ccc(C)c([O-])c1.Cc1ccc(C)c([S-])c1.[Cs+].[Cs+].[Cs+].[Cs+].[Cs+].[Cs+].[HH].[HH]. The molecule has 0 fully saturated rings. The molecule has 0 saturated heterocycles. The van der Waals surface area contributed by atoms with Gasteiger partial charge < -0.3 is 46.5 Å². The quantitative estimate of drug-likeness (QED) is 0.0456. The van der Waals surface area contributed by atoms with Crippen LogP contribution in [0.2, 0.25) is 0 Å². The molecule has 0 aliphatic rings. The second-order valence-corrected chi connectivity index (χ2v) is 28.6. The van der Waals surface area contributed by atoms with E-state index in [2.05, 4.69) is 37.6 Å². The number of carboxylic acids is 1. The summed E-state index contributed by atoms with van der Waals surface area (Å²) < 4.78 is 42.6. The first kappa shape index (κ1) is 123. The number of hydrazine groups is 2. The molecular formula is C85H104Cs6N3O13PS2. The maximum Gasteiger partial charge on any atom is 1.00 e. The zero-order valence-corrected chi connectivity index (χ0v) is 110. The minimum Gasteiger partial charge on any atom is -0.872 e.